The van der Waals surface area contributed by atoms with Crippen molar-refractivity contribution in [1.29, 1.82) is 0 Å². The number of hydrogen-bond acceptors (Lipinski definition) is 6. The third-order valence-corrected chi connectivity index (χ3v) is 5.86. The number of carbonyl (C=O) groups is 1. The Bertz CT molecular complexity index is 1160. The maximum atomic E-state index is 12.9. The highest BCUT2D eigenvalue weighted by atomic mass is 35.5. The number of nitrogens with zero attached hydrogens (tertiary/aromatic N) is 4. The number of aromatic nitrogens is 3. The first-order valence-corrected chi connectivity index (χ1v) is 10.3. The summed E-state index contributed by atoms with van der Waals surface area (Å²) in [6, 6.07) is 9.57. The molecule has 7 nitrogen and oxygen atoms in total. The zero-order chi connectivity index (χ0) is 20.5. The molecule has 0 spiro atoms. The van der Waals surface area contributed by atoms with Crippen molar-refractivity contribution in [3.63, 3.8) is 0 Å². The van der Waals surface area contributed by atoms with Gasteiger partial charge in [-0.2, -0.15) is 0 Å². The smallest absolute Gasteiger partial charge is 0.269 e. The zero-order valence-corrected chi connectivity index (χ0v) is 17.2. The van der Waals surface area contributed by atoms with E-state index in [2.05, 4.69) is 15.2 Å². The normalized spacial score (nSPS) is 12.7. The SMILES string of the molecule is CC(C)(C)N=CC(=O)Cc1c(Cl)nnc2c1ccn2S(=O)(=O)c1ccccc1. The summed E-state index contributed by atoms with van der Waals surface area (Å²) in [5.41, 5.74) is 0.154. The van der Waals surface area contributed by atoms with E-state index in [1.165, 1.54) is 24.5 Å². The fourth-order valence-electron chi connectivity index (χ4n) is 2.56. The van der Waals surface area contributed by atoms with Gasteiger partial charge in [0.05, 0.1) is 16.6 Å². The number of fused-ring (bicyclic) bond motifs is 1. The van der Waals surface area contributed by atoms with Crippen LogP contribution in [0.15, 0.2) is 52.5 Å². The lowest BCUT2D eigenvalue weighted by molar-refractivity contribution is -0.112. The van der Waals surface area contributed by atoms with E-state index in [-0.39, 0.29) is 33.4 Å². The predicted octanol–water partition coefficient (Wildman–Crippen LogP) is 3.30. The number of halogens is 1. The summed E-state index contributed by atoms with van der Waals surface area (Å²) in [5.74, 6) is -0.259. The standard InChI is InChI=1S/C19H19ClN4O3S/c1-19(2,3)21-12-13(25)11-16-15-9-10-24(18(15)23-22-17(16)20)28(26,27)14-7-5-4-6-8-14/h4-10,12H,11H2,1-3H3. The van der Waals surface area contributed by atoms with Gasteiger partial charge in [-0.15, -0.1) is 10.2 Å². The molecule has 0 unspecified atom stereocenters. The van der Waals surface area contributed by atoms with Crippen molar-refractivity contribution in [3.05, 3.63) is 53.3 Å². The van der Waals surface area contributed by atoms with Crippen molar-refractivity contribution in [2.75, 3.05) is 0 Å². The summed E-state index contributed by atoms with van der Waals surface area (Å²) in [7, 11) is -3.85. The third kappa shape index (κ3) is 4.13. The van der Waals surface area contributed by atoms with Crippen LogP contribution >= 0.6 is 11.6 Å². The average molecular weight is 419 g/mol. The Morgan fingerprint density at radius 3 is 2.50 bits per heavy atom. The molecule has 0 aliphatic carbocycles. The Morgan fingerprint density at radius 1 is 1.18 bits per heavy atom. The molecule has 1 aromatic carbocycles. The summed E-state index contributed by atoms with van der Waals surface area (Å²) < 4.78 is 26.9. The molecule has 0 bridgehead atoms. The van der Waals surface area contributed by atoms with Crippen molar-refractivity contribution in [2.24, 2.45) is 4.99 Å². The molecule has 2 heterocycles. The minimum absolute atomic E-state index is 0.0554. The summed E-state index contributed by atoms with van der Waals surface area (Å²) in [6.07, 6.45) is 2.59. The highest BCUT2D eigenvalue weighted by molar-refractivity contribution is 7.90. The van der Waals surface area contributed by atoms with E-state index in [1.54, 1.807) is 24.3 Å². The second-order valence-corrected chi connectivity index (χ2v) is 9.38. The van der Waals surface area contributed by atoms with Gasteiger partial charge < -0.3 is 0 Å². The molecule has 3 aromatic rings. The van der Waals surface area contributed by atoms with Crippen LogP contribution in [0.3, 0.4) is 0 Å². The van der Waals surface area contributed by atoms with Gasteiger partial charge >= 0.3 is 0 Å². The van der Waals surface area contributed by atoms with Crippen molar-refractivity contribution < 1.29 is 13.2 Å². The summed E-state index contributed by atoms with van der Waals surface area (Å²) in [6.45, 7) is 5.64. The average Bonchev–Trinajstić information content (AvgIpc) is 3.07. The van der Waals surface area contributed by atoms with Crippen LogP contribution < -0.4 is 0 Å². The molecule has 0 atom stereocenters. The van der Waals surface area contributed by atoms with Crippen molar-refractivity contribution in [2.45, 2.75) is 37.6 Å². The minimum atomic E-state index is -3.85. The molecule has 0 radical (unpaired) electrons. The molecule has 0 saturated carbocycles. The number of aliphatic imine (C=N–C) groups is 1. The van der Waals surface area contributed by atoms with Gasteiger partial charge in [-0.25, -0.2) is 12.4 Å². The number of carbonyl (C=O) groups excluding carboxylic acids is 1. The summed E-state index contributed by atoms with van der Waals surface area (Å²) in [5, 5.41) is 8.30. The molecule has 0 N–H and O–H groups in total. The monoisotopic (exact) mass is 418 g/mol. The highest BCUT2D eigenvalue weighted by Crippen LogP contribution is 2.26. The molecule has 3 rings (SSSR count). The lowest BCUT2D eigenvalue weighted by atomic mass is 10.1. The first-order chi connectivity index (χ1) is 13.1. The fourth-order valence-corrected chi connectivity index (χ4v) is 4.07. The van der Waals surface area contributed by atoms with Gasteiger partial charge in [0.25, 0.3) is 10.0 Å². The number of Topliss-reactive ketones (excluding diaryl/α,β-unsaturated/α-hetero) is 1. The van der Waals surface area contributed by atoms with Gasteiger partial charge in [0.15, 0.2) is 16.6 Å². The molecule has 0 saturated heterocycles. The summed E-state index contributed by atoms with van der Waals surface area (Å²) >= 11 is 6.15. The Labute approximate surface area is 168 Å². The molecular weight excluding hydrogens is 400 g/mol. The van der Waals surface area contributed by atoms with Gasteiger partial charge in [0.2, 0.25) is 0 Å². The van der Waals surface area contributed by atoms with Gasteiger partial charge in [0.1, 0.15) is 0 Å². The van der Waals surface area contributed by atoms with Crippen LogP contribution in [0.4, 0.5) is 0 Å². The molecule has 0 aliphatic heterocycles. The van der Waals surface area contributed by atoms with Crippen LogP contribution in [0.2, 0.25) is 5.15 Å². The van der Waals surface area contributed by atoms with E-state index >= 15 is 0 Å². The first-order valence-electron chi connectivity index (χ1n) is 8.50. The Hall–Kier alpha value is -2.58. The second-order valence-electron chi connectivity index (χ2n) is 7.21. The fraction of sp³-hybridized carbons (Fsp3) is 0.263. The molecule has 9 heteroatoms. The number of ketones is 1. The van der Waals surface area contributed by atoms with Gasteiger partial charge in [-0.1, -0.05) is 29.8 Å². The van der Waals surface area contributed by atoms with Gasteiger partial charge in [-0.3, -0.25) is 9.79 Å². The lowest BCUT2D eigenvalue weighted by Crippen LogP contribution is -2.15. The predicted molar refractivity (Wildman–Crippen MR) is 109 cm³/mol. The maximum absolute atomic E-state index is 12.9. The Balaban J connectivity index is 2.05. The van der Waals surface area contributed by atoms with Crippen LogP contribution in [-0.2, 0) is 21.2 Å². The molecule has 0 amide bonds. The van der Waals surface area contributed by atoms with E-state index < -0.39 is 10.0 Å². The zero-order valence-electron chi connectivity index (χ0n) is 15.6. The molecule has 2 aromatic heterocycles. The summed E-state index contributed by atoms with van der Waals surface area (Å²) in [4.78, 5) is 16.6. The number of rotatable bonds is 5. The second kappa shape index (κ2) is 7.44. The van der Waals surface area contributed by atoms with E-state index in [9.17, 15) is 13.2 Å². The number of hydrogen-bond donors (Lipinski definition) is 0. The molecule has 0 fully saturated rings. The van der Waals surface area contributed by atoms with Crippen molar-refractivity contribution >= 4 is 44.7 Å². The molecule has 28 heavy (non-hydrogen) atoms. The molecule has 146 valence electrons. The minimum Gasteiger partial charge on any atom is -0.293 e. The van der Waals surface area contributed by atoms with E-state index in [0.29, 0.717) is 10.9 Å². The Kier molecular flexibility index (Phi) is 5.36. The number of benzene rings is 1. The maximum Gasteiger partial charge on any atom is 0.269 e. The first kappa shape index (κ1) is 20.2. The Morgan fingerprint density at radius 2 is 1.86 bits per heavy atom. The van der Waals surface area contributed by atoms with Crippen molar-refractivity contribution in [1.82, 2.24) is 14.2 Å². The molecule has 0 aliphatic rings. The lowest BCUT2D eigenvalue weighted by Gasteiger charge is -2.10. The largest absolute Gasteiger partial charge is 0.293 e. The van der Waals surface area contributed by atoms with Gasteiger partial charge in [-0.05, 0) is 39.0 Å². The topological polar surface area (TPSA) is 94.3 Å². The van der Waals surface area contributed by atoms with Crippen LogP contribution in [-0.4, -0.2) is 40.1 Å². The van der Waals surface area contributed by atoms with Crippen molar-refractivity contribution in [3.8, 4) is 0 Å². The van der Waals surface area contributed by atoms with Crippen LogP contribution in [0.25, 0.3) is 11.0 Å². The molecular formula is C19H19ClN4O3S. The van der Waals surface area contributed by atoms with E-state index in [1.807, 2.05) is 20.8 Å². The highest BCUT2D eigenvalue weighted by Gasteiger charge is 2.22. The van der Waals surface area contributed by atoms with E-state index in [0.717, 1.165) is 3.97 Å². The van der Waals surface area contributed by atoms with Crippen LogP contribution in [0.1, 0.15) is 26.3 Å². The quantitative estimate of drug-likeness (QED) is 0.592. The van der Waals surface area contributed by atoms with E-state index in [4.69, 9.17) is 11.6 Å². The van der Waals surface area contributed by atoms with Crippen LogP contribution in [0.5, 0.6) is 0 Å². The third-order valence-electron chi connectivity index (χ3n) is 3.88. The van der Waals surface area contributed by atoms with Crippen LogP contribution in [0, 0.1) is 0 Å². The van der Waals surface area contributed by atoms with Gasteiger partial charge in [0, 0.05) is 23.6 Å².